The molecule has 1 heterocycles. The molecule has 72 heavy (non-hydrogen) atoms. The van der Waals surface area contributed by atoms with Crippen LogP contribution < -0.4 is 5.32 Å². The Morgan fingerprint density at radius 1 is 0.333 bits per heavy atom. The largest absolute Gasteiger partial charge is 0.466 e. The van der Waals surface area contributed by atoms with Gasteiger partial charge in [-0.3, -0.25) is 19.3 Å². The molecule has 1 fully saturated rings. The molecule has 0 aromatic heterocycles. The molecule has 1 saturated heterocycles. The van der Waals surface area contributed by atoms with Gasteiger partial charge in [0.1, 0.15) is 0 Å². The zero-order valence-corrected chi connectivity index (χ0v) is 48.4. The molecule has 0 aromatic carbocycles. The second kappa shape index (κ2) is 55.5. The number of nitrogens with one attached hydrogen (secondary N) is 1. The Balaban J connectivity index is 2.22. The van der Waals surface area contributed by atoms with Crippen LogP contribution in [0.15, 0.2) is 0 Å². The molecule has 0 amide bonds. The molecule has 0 bridgehead atoms. The van der Waals surface area contributed by atoms with Crippen LogP contribution in [0, 0.1) is 0 Å². The van der Waals surface area contributed by atoms with Crippen molar-refractivity contribution in [1.82, 2.24) is 20.0 Å². The van der Waals surface area contributed by atoms with E-state index in [1.807, 2.05) is 0 Å². The molecule has 0 unspecified atom stereocenters. The van der Waals surface area contributed by atoms with Gasteiger partial charge < -0.3 is 29.3 Å². The van der Waals surface area contributed by atoms with Crippen LogP contribution in [-0.2, 0) is 28.6 Å². The van der Waals surface area contributed by atoms with Gasteiger partial charge in [-0.1, -0.05) is 239 Å². The van der Waals surface area contributed by atoms with Crippen LogP contribution in [0.1, 0.15) is 290 Å². The lowest BCUT2D eigenvalue weighted by atomic mass is 10.1. The van der Waals surface area contributed by atoms with Gasteiger partial charge in [-0.15, -0.1) is 0 Å². The molecule has 1 rings (SSSR count). The van der Waals surface area contributed by atoms with Gasteiger partial charge in [0.05, 0.1) is 32.7 Å². The van der Waals surface area contributed by atoms with E-state index in [1.54, 1.807) is 0 Å². The highest BCUT2D eigenvalue weighted by Gasteiger charge is 2.17. The monoisotopic (exact) mass is 1020 g/mol. The summed E-state index contributed by atoms with van der Waals surface area (Å²) in [5.74, 6) is -0.289. The number of esters is 3. The lowest BCUT2D eigenvalue weighted by Gasteiger charge is -2.34. The van der Waals surface area contributed by atoms with Gasteiger partial charge in [0.2, 0.25) is 0 Å². The van der Waals surface area contributed by atoms with Crippen LogP contribution in [0.3, 0.4) is 0 Å². The zero-order chi connectivity index (χ0) is 51.9. The summed E-state index contributed by atoms with van der Waals surface area (Å²) in [5.41, 5.74) is 0. The van der Waals surface area contributed by atoms with Crippen LogP contribution in [0.4, 0.5) is 0 Å². The van der Waals surface area contributed by atoms with Gasteiger partial charge >= 0.3 is 17.9 Å². The molecule has 0 atom stereocenters. The maximum absolute atomic E-state index is 12.7. The maximum atomic E-state index is 12.7. The SMILES string of the molecule is CCCCCCCCCCCCCCOC(=O)CCCCCN1CCN(CCNCCN(CCC(=O)OCCCCCCCCCCCCCC)CCC(=O)OCCCCCCCCCCCCCC)CC1. The van der Waals surface area contributed by atoms with Crippen molar-refractivity contribution in [3.05, 3.63) is 0 Å². The molecule has 0 radical (unpaired) electrons. The topological polar surface area (TPSA) is 101 Å². The molecular formula is C62H122N4O6. The van der Waals surface area contributed by atoms with Crippen molar-refractivity contribution in [2.45, 2.75) is 290 Å². The van der Waals surface area contributed by atoms with E-state index in [0.717, 1.165) is 110 Å². The van der Waals surface area contributed by atoms with E-state index in [1.165, 1.54) is 199 Å². The van der Waals surface area contributed by atoms with Crippen LogP contribution in [0.2, 0.25) is 0 Å². The summed E-state index contributed by atoms with van der Waals surface area (Å²) in [6.07, 6.45) is 51.2. The highest BCUT2D eigenvalue weighted by Crippen LogP contribution is 2.15. The van der Waals surface area contributed by atoms with Crippen molar-refractivity contribution in [3.8, 4) is 0 Å². The smallest absolute Gasteiger partial charge is 0.307 e. The minimum atomic E-state index is -0.134. The van der Waals surface area contributed by atoms with Crippen molar-refractivity contribution >= 4 is 17.9 Å². The van der Waals surface area contributed by atoms with Gasteiger partial charge in [-0.25, -0.2) is 0 Å². The predicted octanol–water partition coefficient (Wildman–Crippen LogP) is 15.6. The molecule has 1 aliphatic heterocycles. The molecule has 0 aliphatic carbocycles. The van der Waals surface area contributed by atoms with Crippen molar-refractivity contribution in [2.24, 2.45) is 0 Å². The van der Waals surface area contributed by atoms with E-state index in [2.05, 4.69) is 40.8 Å². The summed E-state index contributed by atoms with van der Waals surface area (Å²) < 4.78 is 16.8. The zero-order valence-electron chi connectivity index (χ0n) is 48.4. The second-order valence-electron chi connectivity index (χ2n) is 21.9. The minimum absolute atomic E-state index is 0.0202. The van der Waals surface area contributed by atoms with Crippen molar-refractivity contribution in [1.29, 1.82) is 0 Å². The second-order valence-corrected chi connectivity index (χ2v) is 21.9. The summed E-state index contributed by atoms with van der Waals surface area (Å²) in [4.78, 5) is 45.1. The van der Waals surface area contributed by atoms with Crippen molar-refractivity contribution < 1.29 is 28.6 Å². The minimum Gasteiger partial charge on any atom is -0.466 e. The third-order valence-corrected chi connectivity index (χ3v) is 15.1. The van der Waals surface area contributed by atoms with E-state index in [0.29, 0.717) is 52.2 Å². The molecule has 0 spiro atoms. The average molecular weight is 1020 g/mol. The Hall–Kier alpha value is -1.75. The molecule has 10 nitrogen and oxygen atoms in total. The average Bonchev–Trinajstić information content (AvgIpc) is 3.38. The molecular weight excluding hydrogens is 897 g/mol. The van der Waals surface area contributed by atoms with Gasteiger partial charge in [-0.05, 0) is 38.6 Å². The van der Waals surface area contributed by atoms with Gasteiger partial charge in [0.15, 0.2) is 0 Å². The number of hydrogen-bond acceptors (Lipinski definition) is 10. The summed E-state index contributed by atoms with van der Waals surface area (Å²) in [7, 11) is 0. The van der Waals surface area contributed by atoms with Crippen molar-refractivity contribution in [2.75, 3.05) is 91.8 Å². The van der Waals surface area contributed by atoms with E-state index in [4.69, 9.17) is 14.2 Å². The number of carbonyl (C=O) groups excluding carboxylic acids is 3. The van der Waals surface area contributed by atoms with Crippen LogP contribution in [0.5, 0.6) is 0 Å². The molecule has 426 valence electrons. The Bertz CT molecular complexity index is 1110. The number of rotatable bonds is 57. The van der Waals surface area contributed by atoms with E-state index in [-0.39, 0.29) is 17.9 Å². The predicted molar refractivity (Wildman–Crippen MR) is 306 cm³/mol. The summed E-state index contributed by atoms with van der Waals surface area (Å²) >= 11 is 0. The first-order valence-electron chi connectivity index (χ1n) is 31.8. The van der Waals surface area contributed by atoms with Crippen molar-refractivity contribution in [3.63, 3.8) is 0 Å². The lowest BCUT2D eigenvalue weighted by Crippen LogP contribution is -2.48. The quantitative estimate of drug-likeness (QED) is 0.0360. The van der Waals surface area contributed by atoms with Gasteiger partial charge in [-0.2, -0.15) is 0 Å². The fraction of sp³-hybridized carbons (Fsp3) is 0.952. The molecule has 1 aliphatic rings. The van der Waals surface area contributed by atoms with Gasteiger partial charge in [0.25, 0.3) is 0 Å². The Morgan fingerprint density at radius 3 is 0.972 bits per heavy atom. The Morgan fingerprint density at radius 2 is 0.625 bits per heavy atom. The number of nitrogens with zero attached hydrogens (tertiary/aromatic N) is 3. The first-order chi connectivity index (χ1) is 35.5. The number of hydrogen-bond donors (Lipinski definition) is 1. The van der Waals surface area contributed by atoms with Crippen LogP contribution in [0.25, 0.3) is 0 Å². The summed E-state index contributed by atoms with van der Waals surface area (Å²) in [5, 5.41) is 3.64. The molecule has 1 N–H and O–H groups in total. The number of unbranched alkanes of at least 4 members (excludes halogenated alkanes) is 35. The maximum Gasteiger partial charge on any atom is 0.307 e. The first-order valence-corrected chi connectivity index (χ1v) is 31.8. The van der Waals surface area contributed by atoms with Crippen LogP contribution in [-0.4, -0.2) is 124 Å². The lowest BCUT2D eigenvalue weighted by molar-refractivity contribution is -0.145. The van der Waals surface area contributed by atoms with Crippen LogP contribution >= 0.6 is 0 Å². The highest BCUT2D eigenvalue weighted by atomic mass is 16.5. The normalized spacial score (nSPS) is 13.3. The molecule has 10 heteroatoms. The van der Waals surface area contributed by atoms with E-state index >= 15 is 0 Å². The standard InChI is InChI=1S/C62H122N4O6/c1-4-7-10-13-16-19-22-25-28-31-34-40-57-70-60(67)43-38-37-39-48-64-53-55-66(56-54-64)52-47-63-46-51-65(49-44-61(68)71-58-41-35-32-29-26-23-20-17-14-11-8-5-2)50-45-62(69)72-59-42-36-33-30-27-24-21-18-15-12-9-6-3/h63H,4-59H2,1-3H3. The molecule has 0 aromatic rings. The summed E-state index contributed by atoms with van der Waals surface area (Å²) in [6.45, 7) is 18.6. The number of ether oxygens (including phenoxy) is 3. The molecule has 0 saturated carbocycles. The third-order valence-electron chi connectivity index (χ3n) is 15.1. The number of piperazine rings is 1. The highest BCUT2D eigenvalue weighted by molar-refractivity contribution is 5.70. The fourth-order valence-corrected chi connectivity index (χ4v) is 10.1. The number of carbonyl (C=O) groups is 3. The van der Waals surface area contributed by atoms with E-state index in [9.17, 15) is 14.4 Å². The Labute approximate surface area is 447 Å². The fourth-order valence-electron chi connectivity index (χ4n) is 10.1. The first kappa shape index (κ1) is 68.3. The third kappa shape index (κ3) is 49.1. The van der Waals surface area contributed by atoms with Gasteiger partial charge in [0, 0.05) is 71.9 Å². The van der Waals surface area contributed by atoms with E-state index < -0.39 is 0 Å². The Kier molecular flexibility index (Phi) is 52.6. The summed E-state index contributed by atoms with van der Waals surface area (Å²) in [6, 6.07) is 0.